The van der Waals surface area contributed by atoms with E-state index in [0.717, 1.165) is 42.7 Å². The number of aromatic nitrogens is 2. The molecular formula is C29H29F3N4O3. The fraction of sp³-hybridized carbons (Fsp3) is 0.310. The van der Waals surface area contributed by atoms with E-state index in [4.69, 9.17) is 4.74 Å². The molecule has 3 heterocycles. The predicted octanol–water partition coefficient (Wildman–Crippen LogP) is 5.86. The molecule has 0 saturated carbocycles. The standard InChI is InChI=1S/C29H29F3N4O3/c1-19-27(36-18-25(38-2)11-12-26(36)34-19)28(37)33-17-20-3-7-23(8-4-20)35-15-13-22(14-16-35)21-5-9-24(10-6-21)39-29(30,31)32/h3-12,18,22H,13-17H2,1-2H3,(H,33,37). The van der Waals surface area contributed by atoms with Crippen molar-refractivity contribution in [1.29, 1.82) is 0 Å². The minimum absolute atomic E-state index is 0.200. The van der Waals surface area contributed by atoms with Gasteiger partial charge in [0.05, 0.1) is 19.0 Å². The minimum Gasteiger partial charge on any atom is -0.495 e. The van der Waals surface area contributed by atoms with Gasteiger partial charge >= 0.3 is 6.36 Å². The number of alkyl halides is 3. The van der Waals surface area contributed by atoms with Gasteiger partial charge in [-0.3, -0.25) is 9.20 Å². The van der Waals surface area contributed by atoms with Crippen molar-refractivity contribution in [3.63, 3.8) is 0 Å². The highest BCUT2D eigenvalue weighted by Gasteiger charge is 2.31. The number of nitrogens with zero attached hydrogens (tertiary/aromatic N) is 3. The van der Waals surface area contributed by atoms with Crippen molar-refractivity contribution in [3.05, 3.63) is 89.4 Å². The SMILES string of the molecule is COc1ccc2nc(C)c(C(=O)NCc3ccc(N4CCC(c5ccc(OC(F)(F)F)cc5)CC4)cc3)n2c1. The number of hydrogen-bond donors (Lipinski definition) is 1. The number of methoxy groups -OCH3 is 1. The molecular weight excluding hydrogens is 509 g/mol. The Balaban J connectivity index is 1.15. The van der Waals surface area contributed by atoms with Gasteiger partial charge < -0.3 is 19.7 Å². The molecule has 0 aliphatic carbocycles. The molecule has 4 aromatic rings. The maximum absolute atomic E-state index is 13.0. The summed E-state index contributed by atoms with van der Waals surface area (Å²) in [5, 5.41) is 2.99. The number of benzene rings is 2. The van der Waals surface area contributed by atoms with Gasteiger partial charge in [0.15, 0.2) is 0 Å². The highest BCUT2D eigenvalue weighted by molar-refractivity contribution is 5.94. The summed E-state index contributed by atoms with van der Waals surface area (Å²) in [7, 11) is 1.58. The average molecular weight is 539 g/mol. The monoisotopic (exact) mass is 538 g/mol. The van der Waals surface area contributed by atoms with Crippen LogP contribution >= 0.6 is 0 Å². The number of ether oxygens (including phenoxy) is 2. The summed E-state index contributed by atoms with van der Waals surface area (Å²) in [6.45, 7) is 3.88. The molecule has 2 aromatic carbocycles. The molecule has 1 saturated heterocycles. The second kappa shape index (κ2) is 10.9. The zero-order valence-electron chi connectivity index (χ0n) is 21.7. The molecule has 1 N–H and O–H groups in total. The molecule has 39 heavy (non-hydrogen) atoms. The third kappa shape index (κ3) is 6.10. The van der Waals surface area contributed by atoms with Gasteiger partial charge in [-0.05, 0) is 73.2 Å². The van der Waals surface area contributed by atoms with E-state index < -0.39 is 6.36 Å². The van der Waals surface area contributed by atoms with Gasteiger partial charge in [0.1, 0.15) is 22.8 Å². The van der Waals surface area contributed by atoms with E-state index in [2.05, 4.69) is 32.1 Å². The highest BCUT2D eigenvalue weighted by atomic mass is 19.4. The topological polar surface area (TPSA) is 68.1 Å². The Kier molecular flexibility index (Phi) is 7.36. The van der Waals surface area contributed by atoms with Crippen molar-refractivity contribution in [2.45, 2.75) is 38.6 Å². The molecule has 1 aliphatic rings. The third-order valence-corrected chi connectivity index (χ3v) is 7.05. The first-order valence-electron chi connectivity index (χ1n) is 12.7. The molecule has 0 unspecified atom stereocenters. The van der Waals surface area contributed by atoms with E-state index in [1.165, 1.54) is 12.1 Å². The average Bonchev–Trinajstić information content (AvgIpc) is 3.26. The van der Waals surface area contributed by atoms with Crippen LogP contribution in [0.3, 0.4) is 0 Å². The van der Waals surface area contributed by atoms with E-state index >= 15 is 0 Å². The van der Waals surface area contributed by atoms with E-state index in [0.29, 0.717) is 35.2 Å². The molecule has 10 heteroatoms. The first-order valence-corrected chi connectivity index (χ1v) is 12.7. The Bertz CT molecular complexity index is 1440. The number of carbonyl (C=O) groups excluding carboxylic acids is 1. The fourth-order valence-corrected chi connectivity index (χ4v) is 5.04. The number of imidazole rings is 1. The number of anilines is 1. The lowest BCUT2D eigenvalue weighted by atomic mass is 9.89. The summed E-state index contributed by atoms with van der Waals surface area (Å²) in [6, 6.07) is 17.9. The first kappa shape index (κ1) is 26.4. The molecule has 1 fully saturated rings. The van der Waals surface area contributed by atoms with Crippen molar-refractivity contribution >= 4 is 17.2 Å². The van der Waals surface area contributed by atoms with Crippen molar-refractivity contribution in [2.75, 3.05) is 25.1 Å². The molecule has 2 aromatic heterocycles. The van der Waals surface area contributed by atoms with E-state index in [9.17, 15) is 18.0 Å². The van der Waals surface area contributed by atoms with Gasteiger partial charge in [0.2, 0.25) is 0 Å². The summed E-state index contributed by atoms with van der Waals surface area (Å²) in [5.41, 5.74) is 4.90. The second-order valence-corrected chi connectivity index (χ2v) is 9.57. The number of aryl methyl sites for hydroxylation is 1. The maximum atomic E-state index is 13.0. The number of amides is 1. The molecule has 0 spiro atoms. The fourth-order valence-electron chi connectivity index (χ4n) is 5.04. The number of piperidine rings is 1. The Labute approximate surface area is 224 Å². The van der Waals surface area contributed by atoms with Crippen LogP contribution in [0.2, 0.25) is 0 Å². The zero-order chi connectivity index (χ0) is 27.6. The van der Waals surface area contributed by atoms with E-state index in [1.807, 2.05) is 31.2 Å². The molecule has 204 valence electrons. The molecule has 0 bridgehead atoms. The number of rotatable bonds is 7. The number of hydrogen-bond acceptors (Lipinski definition) is 5. The lowest BCUT2D eigenvalue weighted by Gasteiger charge is -2.34. The lowest BCUT2D eigenvalue weighted by Crippen LogP contribution is -2.32. The predicted molar refractivity (Wildman–Crippen MR) is 141 cm³/mol. The summed E-state index contributed by atoms with van der Waals surface area (Å²) in [5.74, 6) is 0.520. The van der Waals surface area contributed by atoms with E-state index in [-0.39, 0.29) is 11.7 Å². The zero-order valence-corrected chi connectivity index (χ0v) is 21.7. The summed E-state index contributed by atoms with van der Waals surface area (Å²) in [6.07, 6.45) is -1.13. The minimum atomic E-state index is -4.68. The Morgan fingerprint density at radius 1 is 1.00 bits per heavy atom. The van der Waals surface area contributed by atoms with Crippen LogP contribution < -0.4 is 19.7 Å². The van der Waals surface area contributed by atoms with Gasteiger partial charge in [0.25, 0.3) is 5.91 Å². The normalized spacial score (nSPS) is 14.4. The molecule has 5 rings (SSSR count). The number of halogens is 3. The van der Waals surface area contributed by atoms with E-state index in [1.54, 1.807) is 29.8 Å². The smallest absolute Gasteiger partial charge is 0.495 e. The number of nitrogens with one attached hydrogen (secondary N) is 1. The van der Waals surface area contributed by atoms with Crippen LogP contribution in [0.5, 0.6) is 11.5 Å². The van der Waals surface area contributed by atoms with Crippen LogP contribution in [-0.2, 0) is 6.54 Å². The summed E-state index contributed by atoms with van der Waals surface area (Å²) < 4.78 is 48.2. The van der Waals surface area contributed by atoms with Gasteiger partial charge in [-0.2, -0.15) is 0 Å². The maximum Gasteiger partial charge on any atom is 0.573 e. The molecule has 0 radical (unpaired) electrons. The number of pyridine rings is 1. The quantitative estimate of drug-likeness (QED) is 0.319. The van der Waals surface area contributed by atoms with Gasteiger partial charge in [-0.15, -0.1) is 13.2 Å². The van der Waals surface area contributed by atoms with Crippen LogP contribution in [0.25, 0.3) is 5.65 Å². The van der Waals surface area contributed by atoms with Crippen molar-refractivity contribution in [3.8, 4) is 11.5 Å². The highest BCUT2D eigenvalue weighted by Crippen LogP contribution is 2.32. The van der Waals surface area contributed by atoms with Crippen LogP contribution in [-0.4, -0.2) is 41.9 Å². The van der Waals surface area contributed by atoms with Crippen LogP contribution in [0.1, 0.15) is 46.1 Å². The first-order chi connectivity index (χ1) is 18.7. The Morgan fingerprint density at radius 3 is 2.31 bits per heavy atom. The van der Waals surface area contributed by atoms with Crippen LogP contribution in [0, 0.1) is 6.92 Å². The van der Waals surface area contributed by atoms with Gasteiger partial charge in [-0.1, -0.05) is 24.3 Å². The number of carbonyl (C=O) groups is 1. The Hall–Kier alpha value is -4.21. The number of fused-ring (bicyclic) bond motifs is 1. The molecule has 7 nitrogen and oxygen atoms in total. The second-order valence-electron chi connectivity index (χ2n) is 9.57. The Morgan fingerprint density at radius 2 is 1.67 bits per heavy atom. The van der Waals surface area contributed by atoms with Crippen molar-refractivity contribution < 1.29 is 27.4 Å². The van der Waals surface area contributed by atoms with Crippen LogP contribution in [0.15, 0.2) is 66.9 Å². The van der Waals surface area contributed by atoms with Gasteiger partial charge in [0, 0.05) is 25.3 Å². The summed E-state index contributed by atoms with van der Waals surface area (Å²) >= 11 is 0. The molecule has 1 amide bonds. The summed E-state index contributed by atoms with van der Waals surface area (Å²) in [4.78, 5) is 19.7. The van der Waals surface area contributed by atoms with Gasteiger partial charge in [-0.25, -0.2) is 4.98 Å². The largest absolute Gasteiger partial charge is 0.573 e. The van der Waals surface area contributed by atoms with Crippen molar-refractivity contribution in [2.24, 2.45) is 0 Å². The molecule has 0 atom stereocenters. The van der Waals surface area contributed by atoms with Crippen molar-refractivity contribution in [1.82, 2.24) is 14.7 Å². The van der Waals surface area contributed by atoms with Crippen LogP contribution in [0.4, 0.5) is 18.9 Å². The molecule has 1 aliphatic heterocycles. The lowest BCUT2D eigenvalue weighted by molar-refractivity contribution is -0.274. The third-order valence-electron chi connectivity index (χ3n) is 7.05.